The van der Waals surface area contributed by atoms with Gasteiger partial charge in [0, 0.05) is 36.3 Å². The number of rotatable bonds is 4. The number of piperidine rings is 1. The minimum Gasteiger partial charge on any atom is -0.465 e. The number of aromatic nitrogens is 4. The number of carbonyl (C=O) groups is 1. The van der Waals surface area contributed by atoms with Crippen LogP contribution in [-0.4, -0.2) is 55.2 Å². The molecule has 1 unspecified atom stereocenters. The van der Waals surface area contributed by atoms with Gasteiger partial charge in [-0.3, -0.25) is 0 Å². The molecule has 4 rings (SSSR count). The number of carboxylic acid groups (broad SMARTS) is 1. The number of nitrogens with zero attached hydrogens (tertiary/aromatic N) is 4. The zero-order valence-corrected chi connectivity index (χ0v) is 18.4. The molecule has 2 atom stereocenters. The van der Waals surface area contributed by atoms with Crippen LogP contribution in [0.25, 0.3) is 22.4 Å². The monoisotopic (exact) mass is 441 g/mol. The van der Waals surface area contributed by atoms with Crippen molar-refractivity contribution in [3.63, 3.8) is 0 Å². The first kappa shape index (κ1) is 21.8. The molecule has 1 amide bonds. The zero-order valence-electron chi connectivity index (χ0n) is 18.4. The summed E-state index contributed by atoms with van der Waals surface area (Å²) in [6.45, 7) is 7.02. The summed E-state index contributed by atoms with van der Waals surface area (Å²) in [5.74, 6) is -0.115. The highest BCUT2D eigenvalue weighted by Crippen LogP contribution is 2.36. The maximum atomic E-state index is 14.5. The molecule has 3 aromatic rings. The number of anilines is 2. The van der Waals surface area contributed by atoms with E-state index in [1.54, 1.807) is 18.5 Å². The van der Waals surface area contributed by atoms with Crippen molar-refractivity contribution < 1.29 is 14.3 Å². The van der Waals surface area contributed by atoms with Gasteiger partial charge in [0.15, 0.2) is 17.5 Å². The molecular weight excluding hydrogens is 413 g/mol. The first-order chi connectivity index (χ1) is 15.1. The lowest BCUT2D eigenvalue weighted by Crippen LogP contribution is -2.55. The number of amides is 1. The number of fused-ring (bicyclic) bond motifs is 1. The Bertz CT molecular complexity index is 1140. The largest absolute Gasteiger partial charge is 0.465 e. The molecule has 0 aliphatic carbocycles. The van der Waals surface area contributed by atoms with Crippen LogP contribution in [0.5, 0.6) is 0 Å². The predicted octanol–water partition coefficient (Wildman–Crippen LogP) is 3.96. The SMILES string of the molecule is CC(C)(C)[C@H]1C(CNc2nc(-c3c[nH]c4ncc(N)cc34)ncc2F)CCCN1C(=O)O. The molecule has 0 aromatic carbocycles. The second kappa shape index (κ2) is 8.25. The fraction of sp³-hybridized carbons (Fsp3) is 0.455. The molecule has 1 fully saturated rings. The topological polar surface area (TPSA) is 133 Å². The summed E-state index contributed by atoms with van der Waals surface area (Å²) in [6.07, 6.45) is 5.11. The molecule has 0 spiro atoms. The van der Waals surface area contributed by atoms with Gasteiger partial charge in [-0.15, -0.1) is 0 Å². The van der Waals surface area contributed by atoms with Gasteiger partial charge in [-0.05, 0) is 30.2 Å². The molecule has 9 nitrogen and oxygen atoms in total. The fourth-order valence-electron chi connectivity index (χ4n) is 4.73. The molecule has 4 heterocycles. The Hall–Kier alpha value is -3.43. The molecule has 1 aliphatic rings. The second-order valence-electron chi connectivity index (χ2n) is 9.33. The highest BCUT2D eigenvalue weighted by Gasteiger charge is 2.41. The van der Waals surface area contributed by atoms with Crippen molar-refractivity contribution in [2.45, 2.75) is 39.7 Å². The van der Waals surface area contributed by atoms with Gasteiger partial charge in [-0.25, -0.2) is 24.1 Å². The summed E-state index contributed by atoms with van der Waals surface area (Å²) in [5.41, 5.74) is 7.42. The van der Waals surface area contributed by atoms with Gasteiger partial charge in [0.1, 0.15) is 5.65 Å². The molecule has 1 aliphatic heterocycles. The van der Waals surface area contributed by atoms with Crippen LogP contribution >= 0.6 is 0 Å². The predicted molar refractivity (Wildman–Crippen MR) is 121 cm³/mol. The van der Waals surface area contributed by atoms with E-state index in [9.17, 15) is 14.3 Å². The van der Waals surface area contributed by atoms with E-state index < -0.39 is 11.9 Å². The smallest absolute Gasteiger partial charge is 0.407 e. The zero-order chi connectivity index (χ0) is 23.0. The summed E-state index contributed by atoms with van der Waals surface area (Å²) in [7, 11) is 0. The molecular formula is C22H28FN7O2. The standard InChI is InChI=1S/C22H28FN7O2/c1-22(2,3)17-12(5-4-6-30(17)21(31)32)8-25-20-16(23)11-28-19(29-20)15-10-27-18-14(15)7-13(24)9-26-18/h7,9-12,17H,4-6,8,24H2,1-3H3,(H,26,27)(H,31,32)(H,25,28,29)/t12?,17-/m1/s1. The first-order valence-electron chi connectivity index (χ1n) is 10.6. The fourth-order valence-corrected chi connectivity index (χ4v) is 4.73. The second-order valence-corrected chi connectivity index (χ2v) is 9.33. The van der Waals surface area contributed by atoms with E-state index in [4.69, 9.17) is 5.73 Å². The number of hydrogen-bond donors (Lipinski definition) is 4. The minimum atomic E-state index is -0.919. The highest BCUT2D eigenvalue weighted by molar-refractivity contribution is 5.93. The summed E-state index contributed by atoms with van der Waals surface area (Å²) in [6, 6.07) is 1.58. The number of aromatic amines is 1. The summed E-state index contributed by atoms with van der Waals surface area (Å²) in [4.78, 5) is 29.2. The number of H-pyrrole nitrogens is 1. The van der Waals surface area contributed by atoms with Crippen molar-refractivity contribution in [3.05, 3.63) is 30.5 Å². The molecule has 5 N–H and O–H groups in total. The highest BCUT2D eigenvalue weighted by atomic mass is 19.1. The molecule has 0 bridgehead atoms. The van der Waals surface area contributed by atoms with Crippen LogP contribution in [-0.2, 0) is 0 Å². The number of likely N-dealkylation sites (tertiary alicyclic amines) is 1. The van der Waals surface area contributed by atoms with Crippen LogP contribution in [0.4, 0.5) is 20.7 Å². The van der Waals surface area contributed by atoms with Crippen molar-refractivity contribution in [2.75, 3.05) is 24.1 Å². The van der Waals surface area contributed by atoms with Crippen LogP contribution < -0.4 is 11.1 Å². The van der Waals surface area contributed by atoms with E-state index in [0.717, 1.165) is 24.4 Å². The third-order valence-electron chi connectivity index (χ3n) is 5.96. The lowest BCUT2D eigenvalue weighted by molar-refractivity contribution is 0.0270. The maximum absolute atomic E-state index is 14.5. The van der Waals surface area contributed by atoms with Gasteiger partial charge in [0.05, 0.1) is 18.1 Å². The number of pyridine rings is 1. The Kier molecular flexibility index (Phi) is 5.62. The third-order valence-corrected chi connectivity index (χ3v) is 5.96. The van der Waals surface area contributed by atoms with Gasteiger partial charge in [-0.2, -0.15) is 0 Å². The van der Waals surface area contributed by atoms with Crippen molar-refractivity contribution in [3.8, 4) is 11.4 Å². The Labute approximate surface area is 185 Å². The maximum Gasteiger partial charge on any atom is 0.407 e. The molecule has 3 aromatic heterocycles. The lowest BCUT2D eigenvalue weighted by Gasteiger charge is -2.47. The van der Waals surface area contributed by atoms with Crippen LogP contribution in [0.1, 0.15) is 33.6 Å². The van der Waals surface area contributed by atoms with E-state index in [2.05, 4.69) is 25.3 Å². The van der Waals surface area contributed by atoms with E-state index in [-0.39, 0.29) is 23.2 Å². The van der Waals surface area contributed by atoms with Crippen LogP contribution in [0.15, 0.2) is 24.7 Å². The average molecular weight is 442 g/mol. The van der Waals surface area contributed by atoms with E-state index >= 15 is 0 Å². The van der Waals surface area contributed by atoms with Crippen LogP contribution in [0.2, 0.25) is 0 Å². The number of hydrogen-bond acceptors (Lipinski definition) is 6. The van der Waals surface area contributed by atoms with Gasteiger partial charge < -0.3 is 26.0 Å². The van der Waals surface area contributed by atoms with Gasteiger partial charge in [0.25, 0.3) is 0 Å². The normalized spacial score (nSPS) is 19.3. The summed E-state index contributed by atoms with van der Waals surface area (Å²) >= 11 is 0. The molecule has 32 heavy (non-hydrogen) atoms. The molecule has 0 saturated carbocycles. The number of nitrogens with two attached hydrogens (primary N) is 1. The Balaban J connectivity index is 1.59. The van der Waals surface area contributed by atoms with Gasteiger partial charge >= 0.3 is 6.09 Å². The third kappa shape index (κ3) is 4.17. The van der Waals surface area contributed by atoms with Gasteiger partial charge in [-0.1, -0.05) is 20.8 Å². The summed E-state index contributed by atoms with van der Waals surface area (Å²) < 4.78 is 14.5. The van der Waals surface area contributed by atoms with Crippen molar-refractivity contribution >= 4 is 28.6 Å². The Morgan fingerprint density at radius 1 is 1.38 bits per heavy atom. The van der Waals surface area contributed by atoms with E-state index in [1.165, 1.54) is 4.90 Å². The number of nitrogen functional groups attached to an aromatic ring is 1. The first-order valence-corrected chi connectivity index (χ1v) is 10.6. The lowest BCUT2D eigenvalue weighted by atomic mass is 9.74. The number of halogens is 1. The van der Waals surface area contributed by atoms with E-state index in [1.807, 2.05) is 20.8 Å². The minimum absolute atomic E-state index is 0.0229. The Morgan fingerprint density at radius 2 is 2.16 bits per heavy atom. The van der Waals surface area contributed by atoms with E-state index in [0.29, 0.717) is 35.8 Å². The van der Waals surface area contributed by atoms with Crippen LogP contribution in [0.3, 0.4) is 0 Å². The quantitative estimate of drug-likeness (QED) is 0.482. The molecule has 10 heteroatoms. The van der Waals surface area contributed by atoms with Crippen molar-refractivity contribution in [1.29, 1.82) is 0 Å². The Morgan fingerprint density at radius 3 is 2.88 bits per heavy atom. The molecule has 0 radical (unpaired) electrons. The average Bonchev–Trinajstić information content (AvgIpc) is 3.15. The van der Waals surface area contributed by atoms with Crippen LogP contribution in [0, 0.1) is 17.2 Å². The van der Waals surface area contributed by atoms with Crippen molar-refractivity contribution in [1.82, 2.24) is 24.8 Å². The molecule has 1 saturated heterocycles. The molecule has 170 valence electrons. The number of nitrogens with one attached hydrogen (secondary N) is 2. The summed E-state index contributed by atoms with van der Waals surface area (Å²) in [5, 5.41) is 13.5. The van der Waals surface area contributed by atoms with Crippen molar-refractivity contribution in [2.24, 2.45) is 11.3 Å². The van der Waals surface area contributed by atoms with Gasteiger partial charge in [0.2, 0.25) is 0 Å².